The van der Waals surface area contributed by atoms with Crippen molar-refractivity contribution >= 4 is 18.0 Å². The number of nitrogens with zero attached hydrogens (tertiary/aromatic N) is 1. The van der Waals surface area contributed by atoms with Crippen LogP contribution in [0.5, 0.6) is 5.75 Å². The van der Waals surface area contributed by atoms with E-state index in [0.29, 0.717) is 0 Å². The van der Waals surface area contributed by atoms with E-state index in [0.717, 1.165) is 40.7 Å². The first-order valence-corrected chi connectivity index (χ1v) is 15.8. The predicted octanol–water partition coefficient (Wildman–Crippen LogP) is 6.00. The van der Waals surface area contributed by atoms with Crippen LogP contribution >= 0.6 is 0 Å². The maximum absolute atomic E-state index is 13.9. The number of ether oxygens (including phenoxy) is 4. The number of benzene rings is 3. The Kier molecular flexibility index (Phi) is 10.3. The minimum Gasteiger partial charge on any atom is -0.482 e. The molecule has 0 aliphatic heterocycles. The van der Waals surface area contributed by atoms with E-state index in [1.165, 1.54) is 25.0 Å². The van der Waals surface area contributed by atoms with Crippen LogP contribution in [0, 0.1) is 0 Å². The summed E-state index contributed by atoms with van der Waals surface area (Å²) >= 11 is 0. The number of hydrogen-bond acceptors (Lipinski definition) is 8. The maximum atomic E-state index is 13.9. The second-order valence-electron chi connectivity index (χ2n) is 12.5. The van der Waals surface area contributed by atoms with Gasteiger partial charge in [0.05, 0.1) is 20.3 Å². The molecule has 0 bridgehead atoms. The number of fused-ring (bicyclic) bond motifs is 2. The van der Waals surface area contributed by atoms with Gasteiger partial charge in [-0.05, 0) is 61.4 Å². The lowest BCUT2D eigenvalue weighted by Gasteiger charge is -2.34. The highest BCUT2D eigenvalue weighted by Gasteiger charge is 2.37. The summed E-state index contributed by atoms with van der Waals surface area (Å²) in [6.07, 6.45) is 2.16. The molecule has 1 N–H and O–H groups in total. The number of aromatic nitrogens is 1. The van der Waals surface area contributed by atoms with Crippen molar-refractivity contribution in [3.05, 3.63) is 134 Å². The molecule has 0 spiro atoms. The standard InChI is InChI=1S/C38H40N2O8/c1-38(2,3)48-37(44)39-21-30(31-27-17-11-9-15-25(27)19-20-26-16-10-12-18-28(26)31)40-22-29(35(42)45-4)33(41)34(32(40)36(43)46-5)47-23-24-13-7-6-8-14-24/h6-18,22,30-31H,19-21,23H2,1-5H3,(H,39,44)/t30-/m1/s1. The Bertz CT molecular complexity index is 1810. The molecule has 1 atom stereocenters. The first-order chi connectivity index (χ1) is 23.0. The van der Waals surface area contributed by atoms with E-state index >= 15 is 0 Å². The van der Waals surface area contributed by atoms with Crippen LogP contribution in [0.25, 0.3) is 0 Å². The van der Waals surface area contributed by atoms with Crippen LogP contribution in [0.1, 0.15) is 81.4 Å². The average Bonchev–Trinajstić information content (AvgIpc) is 3.24. The third kappa shape index (κ3) is 7.43. The number of rotatable bonds is 9. The fourth-order valence-electron chi connectivity index (χ4n) is 6.15. The molecule has 1 amide bonds. The summed E-state index contributed by atoms with van der Waals surface area (Å²) in [5.41, 5.74) is 2.72. The molecule has 5 rings (SSSR count). The van der Waals surface area contributed by atoms with Gasteiger partial charge in [0.15, 0.2) is 11.4 Å². The molecule has 0 saturated carbocycles. The van der Waals surface area contributed by atoms with Crippen LogP contribution < -0.4 is 15.5 Å². The number of amides is 1. The number of aryl methyl sites for hydroxylation is 2. The highest BCUT2D eigenvalue weighted by atomic mass is 16.6. The SMILES string of the molecule is COC(=O)c1cn([C@H](CNC(=O)OC(C)(C)C)C2c3ccccc3CCc3ccccc32)c(C(=O)OC)c(OCc2ccccc2)c1=O. The van der Waals surface area contributed by atoms with Crippen molar-refractivity contribution in [3.63, 3.8) is 0 Å². The van der Waals surface area contributed by atoms with E-state index in [1.807, 2.05) is 66.7 Å². The molecule has 1 aliphatic carbocycles. The van der Waals surface area contributed by atoms with Crippen LogP contribution in [-0.2, 0) is 33.7 Å². The second-order valence-corrected chi connectivity index (χ2v) is 12.5. The van der Waals surface area contributed by atoms with Gasteiger partial charge in [-0.25, -0.2) is 14.4 Å². The summed E-state index contributed by atoms with van der Waals surface area (Å²) in [6.45, 7) is 5.16. The highest BCUT2D eigenvalue weighted by Crippen LogP contribution is 2.42. The zero-order valence-electron chi connectivity index (χ0n) is 27.8. The normalized spacial score (nSPS) is 13.3. The molecule has 0 radical (unpaired) electrons. The van der Waals surface area contributed by atoms with Gasteiger partial charge in [0.1, 0.15) is 17.8 Å². The Labute approximate surface area is 279 Å². The second kappa shape index (κ2) is 14.6. The van der Waals surface area contributed by atoms with Crippen LogP contribution in [-0.4, -0.2) is 49.0 Å². The van der Waals surface area contributed by atoms with E-state index in [9.17, 15) is 19.2 Å². The van der Waals surface area contributed by atoms with Gasteiger partial charge in [0.2, 0.25) is 5.43 Å². The molecule has 250 valence electrons. The summed E-state index contributed by atoms with van der Waals surface area (Å²) < 4.78 is 23.4. The number of esters is 2. The number of pyridine rings is 1. The lowest BCUT2D eigenvalue weighted by molar-refractivity contribution is 0.0514. The molecule has 3 aromatic carbocycles. The van der Waals surface area contributed by atoms with E-state index in [2.05, 4.69) is 17.4 Å². The van der Waals surface area contributed by atoms with Gasteiger partial charge in [-0.15, -0.1) is 0 Å². The predicted molar refractivity (Wildman–Crippen MR) is 180 cm³/mol. The number of hydrogen-bond donors (Lipinski definition) is 1. The number of methoxy groups -OCH3 is 2. The molecule has 10 heteroatoms. The quantitative estimate of drug-likeness (QED) is 0.173. The largest absolute Gasteiger partial charge is 0.482 e. The lowest BCUT2D eigenvalue weighted by Crippen LogP contribution is -2.40. The zero-order chi connectivity index (χ0) is 34.4. The van der Waals surface area contributed by atoms with Gasteiger partial charge in [0, 0.05) is 18.7 Å². The first-order valence-electron chi connectivity index (χ1n) is 15.8. The van der Waals surface area contributed by atoms with Crippen LogP contribution in [0.4, 0.5) is 4.79 Å². The summed E-state index contributed by atoms with van der Waals surface area (Å²) in [6, 6.07) is 24.3. The minimum atomic E-state index is -0.907. The van der Waals surface area contributed by atoms with Crippen molar-refractivity contribution in [1.82, 2.24) is 9.88 Å². The molecule has 10 nitrogen and oxygen atoms in total. The van der Waals surface area contributed by atoms with Crippen LogP contribution in [0.15, 0.2) is 89.9 Å². The van der Waals surface area contributed by atoms with Crippen molar-refractivity contribution < 1.29 is 33.3 Å². The van der Waals surface area contributed by atoms with Crippen LogP contribution in [0.2, 0.25) is 0 Å². The van der Waals surface area contributed by atoms with Gasteiger partial charge < -0.3 is 28.8 Å². The van der Waals surface area contributed by atoms with Gasteiger partial charge in [-0.3, -0.25) is 4.79 Å². The summed E-state index contributed by atoms with van der Waals surface area (Å²) in [5.74, 6) is -2.60. The van der Waals surface area contributed by atoms with Crippen molar-refractivity contribution in [2.24, 2.45) is 0 Å². The van der Waals surface area contributed by atoms with E-state index in [1.54, 1.807) is 20.8 Å². The molecular formula is C38H40N2O8. The Morgan fingerprint density at radius 3 is 1.96 bits per heavy atom. The monoisotopic (exact) mass is 652 g/mol. The molecule has 48 heavy (non-hydrogen) atoms. The molecule has 1 heterocycles. The summed E-state index contributed by atoms with van der Waals surface area (Å²) in [7, 11) is 2.38. The van der Waals surface area contributed by atoms with Gasteiger partial charge in [-0.2, -0.15) is 0 Å². The number of nitrogens with one attached hydrogen (secondary N) is 1. The van der Waals surface area contributed by atoms with E-state index < -0.39 is 41.0 Å². The molecule has 1 aromatic heterocycles. The molecular weight excluding hydrogens is 612 g/mol. The topological polar surface area (TPSA) is 122 Å². The maximum Gasteiger partial charge on any atom is 0.407 e. The highest BCUT2D eigenvalue weighted by molar-refractivity contribution is 5.94. The van der Waals surface area contributed by atoms with Gasteiger partial charge in [0.25, 0.3) is 0 Å². The Hall–Kier alpha value is -5.38. The van der Waals surface area contributed by atoms with Crippen molar-refractivity contribution in [1.29, 1.82) is 0 Å². The van der Waals surface area contributed by atoms with Crippen molar-refractivity contribution in [2.75, 3.05) is 20.8 Å². The smallest absolute Gasteiger partial charge is 0.407 e. The van der Waals surface area contributed by atoms with Crippen LogP contribution in [0.3, 0.4) is 0 Å². The lowest BCUT2D eigenvalue weighted by atomic mass is 9.82. The van der Waals surface area contributed by atoms with E-state index in [4.69, 9.17) is 18.9 Å². The third-order valence-electron chi connectivity index (χ3n) is 8.24. The summed E-state index contributed by atoms with van der Waals surface area (Å²) in [4.78, 5) is 53.9. The Morgan fingerprint density at radius 2 is 1.40 bits per heavy atom. The number of alkyl carbamates (subject to hydrolysis) is 1. The first kappa shape index (κ1) is 34.0. The average molecular weight is 653 g/mol. The zero-order valence-corrected chi connectivity index (χ0v) is 27.8. The number of carbonyl (C=O) groups is 3. The van der Waals surface area contributed by atoms with Gasteiger partial charge in [-0.1, -0.05) is 78.9 Å². The number of carbonyl (C=O) groups excluding carboxylic acids is 3. The summed E-state index contributed by atoms with van der Waals surface area (Å²) in [5, 5.41) is 2.89. The molecule has 0 saturated heterocycles. The third-order valence-corrected chi connectivity index (χ3v) is 8.24. The fraction of sp³-hybridized carbons (Fsp3) is 0.316. The fourth-order valence-corrected chi connectivity index (χ4v) is 6.15. The molecule has 0 fully saturated rings. The Balaban J connectivity index is 1.79. The van der Waals surface area contributed by atoms with Crippen molar-refractivity contribution in [2.45, 2.75) is 57.8 Å². The molecule has 1 aliphatic rings. The molecule has 4 aromatic rings. The van der Waals surface area contributed by atoms with Crippen molar-refractivity contribution in [3.8, 4) is 5.75 Å². The molecule has 0 unspecified atom stereocenters. The Morgan fingerprint density at radius 1 is 0.833 bits per heavy atom. The van der Waals surface area contributed by atoms with E-state index in [-0.39, 0.29) is 30.2 Å². The minimum absolute atomic E-state index is 0.0617. The van der Waals surface area contributed by atoms with Gasteiger partial charge >= 0.3 is 18.0 Å².